The summed E-state index contributed by atoms with van der Waals surface area (Å²) in [6, 6.07) is 2.28. The number of thiazole rings is 1. The van der Waals surface area contributed by atoms with Crippen molar-refractivity contribution in [1.29, 1.82) is 0 Å². The molecular formula is C32H42N8O4S. The second-order valence-electron chi connectivity index (χ2n) is 14.0. The second-order valence-corrected chi connectivity index (χ2v) is 15.1. The Morgan fingerprint density at radius 1 is 1.07 bits per heavy atom. The van der Waals surface area contributed by atoms with Gasteiger partial charge in [0.25, 0.3) is 0 Å². The highest BCUT2D eigenvalue weighted by molar-refractivity contribution is 7.18. The fourth-order valence-electron chi connectivity index (χ4n) is 6.80. The quantitative estimate of drug-likeness (QED) is 0.357. The highest BCUT2D eigenvalue weighted by Crippen LogP contribution is 2.43. The van der Waals surface area contributed by atoms with Crippen LogP contribution in [0.5, 0.6) is 6.01 Å². The molecule has 0 radical (unpaired) electrons. The predicted octanol–water partition coefficient (Wildman–Crippen LogP) is 5.45. The third kappa shape index (κ3) is 6.75. The van der Waals surface area contributed by atoms with Gasteiger partial charge in [-0.3, -0.25) is 9.80 Å². The van der Waals surface area contributed by atoms with Crippen molar-refractivity contribution in [2.45, 2.75) is 89.5 Å². The van der Waals surface area contributed by atoms with Gasteiger partial charge in [-0.2, -0.15) is 4.98 Å². The van der Waals surface area contributed by atoms with Crippen molar-refractivity contribution in [2.24, 2.45) is 5.41 Å². The molecular weight excluding hydrogens is 592 g/mol. The average Bonchev–Trinajstić information content (AvgIpc) is 3.45. The number of rotatable bonds is 7. The Balaban J connectivity index is 0.921. The Labute approximate surface area is 267 Å². The number of piperazine rings is 1. The highest BCUT2D eigenvalue weighted by Gasteiger charge is 2.49. The first-order valence-electron chi connectivity index (χ1n) is 16.0. The number of ether oxygens (including phenoxy) is 3. The van der Waals surface area contributed by atoms with E-state index in [2.05, 4.69) is 35.1 Å². The zero-order chi connectivity index (χ0) is 31.1. The number of nitrogens with zero attached hydrogens (tertiary/aromatic N) is 7. The smallest absolute Gasteiger partial charge is 0.410 e. The number of hydrogen-bond donors (Lipinski definition) is 1. The Morgan fingerprint density at radius 2 is 1.84 bits per heavy atom. The van der Waals surface area contributed by atoms with Crippen molar-refractivity contribution < 1.29 is 19.0 Å². The number of aromatic nitrogens is 5. The first kappa shape index (κ1) is 30.2. The summed E-state index contributed by atoms with van der Waals surface area (Å²) in [7, 11) is 0. The van der Waals surface area contributed by atoms with Crippen molar-refractivity contribution in [3.63, 3.8) is 0 Å². The zero-order valence-corrected chi connectivity index (χ0v) is 27.1. The average molecular weight is 635 g/mol. The van der Waals surface area contributed by atoms with Crippen LogP contribution in [0.3, 0.4) is 0 Å². The van der Waals surface area contributed by atoms with E-state index in [9.17, 15) is 4.79 Å². The van der Waals surface area contributed by atoms with Crippen LogP contribution in [0, 0.1) is 5.41 Å². The second kappa shape index (κ2) is 12.1. The number of nitrogens with one attached hydrogen (secondary N) is 1. The molecule has 2 saturated carbocycles. The maximum atomic E-state index is 12.9. The lowest BCUT2D eigenvalue weighted by atomic mass is 9.72. The third-order valence-electron chi connectivity index (χ3n) is 9.43. The minimum absolute atomic E-state index is 0.132. The minimum Gasteiger partial charge on any atom is -0.460 e. The van der Waals surface area contributed by atoms with Gasteiger partial charge in [0.2, 0.25) is 5.95 Å². The molecule has 0 aromatic carbocycles. The van der Waals surface area contributed by atoms with E-state index in [1.807, 2.05) is 44.1 Å². The first-order valence-corrected chi connectivity index (χ1v) is 16.8. The van der Waals surface area contributed by atoms with Gasteiger partial charge in [0.1, 0.15) is 11.7 Å². The molecule has 7 rings (SSSR count). The highest BCUT2D eigenvalue weighted by atomic mass is 32.1. The lowest BCUT2D eigenvalue weighted by Gasteiger charge is -2.55. The van der Waals surface area contributed by atoms with Crippen molar-refractivity contribution >= 4 is 28.5 Å². The SMILES string of the molecule is CC(C)(C)OC(=O)N1CCN(Cc2cnc(Nc3ncc(-c4ccnc(OC5CCC6(CC5)COC6)n4)s3)nc2)CC12CCC2. The summed E-state index contributed by atoms with van der Waals surface area (Å²) in [6.07, 6.45) is 14.6. The van der Waals surface area contributed by atoms with Crippen LogP contribution in [0.25, 0.3) is 10.6 Å². The van der Waals surface area contributed by atoms with Crippen LogP contribution in [0.15, 0.2) is 30.9 Å². The largest absolute Gasteiger partial charge is 0.460 e. The van der Waals surface area contributed by atoms with E-state index in [-0.39, 0.29) is 17.7 Å². The minimum atomic E-state index is -0.495. The molecule has 4 aliphatic rings. The maximum absolute atomic E-state index is 12.9. The van der Waals surface area contributed by atoms with Crippen molar-refractivity contribution in [3.8, 4) is 16.6 Å². The number of anilines is 2. The van der Waals surface area contributed by atoms with Crippen LogP contribution in [-0.4, -0.2) is 90.9 Å². The number of carbonyl (C=O) groups is 1. The first-order chi connectivity index (χ1) is 21.7. The van der Waals surface area contributed by atoms with E-state index >= 15 is 0 Å². The lowest BCUT2D eigenvalue weighted by molar-refractivity contribution is -0.140. The summed E-state index contributed by atoms with van der Waals surface area (Å²) in [5.74, 6) is 0.489. The normalized spacial score (nSPS) is 21.3. The van der Waals surface area contributed by atoms with Gasteiger partial charge < -0.3 is 19.5 Å². The zero-order valence-electron chi connectivity index (χ0n) is 26.3. The molecule has 0 bridgehead atoms. The summed E-state index contributed by atoms with van der Waals surface area (Å²) < 4.78 is 17.3. The van der Waals surface area contributed by atoms with E-state index in [1.54, 1.807) is 12.4 Å². The topological polar surface area (TPSA) is 128 Å². The molecule has 5 heterocycles. The molecule has 2 saturated heterocycles. The summed E-state index contributed by atoms with van der Waals surface area (Å²) >= 11 is 1.48. The van der Waals surface area contributed by atoms with Crippen molar-refractivity contribution in [2.75, 3.05) is 38.2 Å². The van der Waals surface area contributed by atoms with Gasteiger partial charge in [-0.25, -0.2) is 24.7 Å². The van der Waals surface area contributed by atoms with E-state index in [0.717, 1.165) is 93.9 Å². The molecule has 12 nitrogen and oxygen atoms in total. The van der Waals surface area contributed by atoms with E-state index < -0.39 is 5.60 Å². The van der Waals surface area contributed by atoms with Crippen LogP contribution in [0.4, 0.5) is 15.9 Å². The molecule has 2 aliphatic heterocycles. The molecule has 0 unspecified atom stereocenters. The van der Waals surface area contributed by atoms with Crippen molar-refractivity contribution in [1.82, 2.24) is 34.7 Å². The summed E-state index contributed by atoms with van der Waals surface area (Å²) in [6.45, 7) is 10.6. The molecule has 13 heteroatoms. The number of carbonyl (C=O) groups excluding carboxylic acids is 1. The predicted molar refractivity (Wildman–Crippen MR) is 169 cm³/mol. The molecule has 4 fully saturated rings. The molecule has 2 aliphatic carbocycles. The van der Waals surface area contributed by atoms with Crippen LogP contribution in [-0.2, 0) is 16.0 Å². The monoisotopic (exact) mass is 634 g/mol. The van der Waals surface area contributed by atoms with Crippen LogP contribution in [0.2, 0.25) is 0 Å². The van der Waals surface area contributed by atoms with Gasteiger partial charge >= 0.3 is 12.1 Å². The van der Waals surface area contributed by atoms with Crippen LogP contribution < -0.4 is 10.1 Å². The Morgan fingerprint density at radius 3 is 2.51 bits per heavy atom. The summed E-state index contributed by atoms with van der Waals surface area (Å²) in [5, 5.41) is 3.91. The van der Waals surface area contributed by atoms with Crippen LogP contribution >= 0.6 is 11.3 Å². The maximum Gasteiger partial charge on any atom is 0.410 e. The molecule has 2 spiro atoms. The molecule has 240 valence electrons. The van der Waals surface area contributed by atoms with Gasteiger partial charge in [0, 0.05) is 61.9 Å². The standard InChI is InChI=1S/C32H42N8O4S/c1-30(2,3)44-29(41)40-14-13-39(19-32(40)8-4-9-32)18-22-15-34-26(35-16-22)38-28-36-17-25(45-28)24-7-12-33-27(37-24)43-23-5-10-31(11-6-23)20-42-21-31/h7,12,15-17,23H,4-6,8-11,13-14,18-21H2,1-3H3,(H,34,35,36,38). The third-order valence-corrected chi connectivity index (χ3v) is 10.4. The Hall–Kier alpha value is -3.42. The fraction of sp³-hybridized carbons (Fsp3) is 0.625. The Bertz CT molecular complexity index is 1490. The Kier molecular flexibility index (Phi) is 8.11. The molecule has 1 amide bonds. The van der Waals surface area contributed by atoms with Gasteiger partial charge in [-0.05, 0) is 71.8 Å². The van der Waals surface area contributed by atoms with Crippen molar-refractivity contribution in [3.05, 3.63) is 36.4 Å². The van der Waals surface area contributed by atoms with Gasteiger partial charge in [-0.15, -0.1) is 0 Å². The summed E-state index contributed by atoms with van der Waals surface area (Å²) in [5.41, 5.74) is 1.57. The van der Waals surface area contributed by atoms with Gasteiger partial charge in [-0.1, -0.05) is 11.3 Å². The van der Waals surface area contributed by atoms with E-state index in [4.69, 9.17) is 14.2 Å². The fourth-order valence-corrected chi connectivity index (χ4v) is 7.58. The van der Waals surface area contributed by atoms with Crippen LogP contribution in [0.1, 0.15) is 71.3 Å². The number of hydrogen-bond acceptors (Lipinski definition) is 12. The molecule has 3 aromatic rings. The van der Waals surface area contributed by atoms with E-state index in [1.165, 1.54) is 11.3 Å². The number of amides is 1. The molecule has 45 heavy (non-hydrogen) atoms. The lowest BCUT2D eigenvalue weighted by Crippen LogP contribution is -2.67. The summed E-state index contributed by atoms with van der Waals surface area (Å²) in [4.78, 5) is 40.8. The van der Waals surface area contributed by atoms with Gasteiger partial charge in [0.15, 0.2) is 5.13 Å². The van der Waals surface area contributed by atoms with Gasteiger partial charge in [0.05, 0.1) is 29.3 Å². The molecule has 1 N–H and O–H groups in total. The molecule has 3 aromatic heterocycles. The van der Waals surface area contributed by atoms with E-state index in [0.29, 0.717) is 29.1 Å². The molecule has 0 atom stereocenters.